The molecule has 2 N–H and O–H groups in total. The SMILES string of the molecule is Cc1cn2c(-c3cnn(C)c3)cnc2c(Nc2cc(CNC(C)C)cs2)n1. The summed E-state index contributed by atoms with van der Waals surface area (Å²) in [4.78, 5) is 9.27. The van der Waals surface area contributed by atoms with Gasteiger partial charge in [0.25, 0.3) is 0 Å². The van der Waals surface area contributed by atoms with Crippen LogP contribution in [-0.2, 0) is 13.6 Å². The van der Waals surface area contributed by atoms with Crippen LogP contribution in [0.5, 0.6) is 0 Å². The first-order chi connectivity index (χ1) is 13.0. The highest BCUT2D eigenvalue weighted by molar-refractivity contribution is 7.14. The number of hydrogen-bond donors (Lipinski definition) is 2. The maximum absolute atomic E-state index is 4.67. The van der Waals surface area contributed by atoms with Crippen molar-refractivity contribution in [2.24, 2.45) is 7.05 Å². The lowest BCUT2D eigenvalue weighted by molar-refractivity contribution is 0.590. The van der Waals surface area contributed by atoms with Crippen molar-refractivity contribution in [3.8, 4) is 11.3 Å². The highest BCUT2D eigenvalue weighted by atomic mass is 32.1. The van der Waals surface area contributed by atoms with Gasteiger partial charge in [-0.05, 0) is 23.9 Å². The Kier molecular flexibility index (Phi) is 4.67. The number of aryl methyl sites for hydroxylation is 2. The molecule has 0 aromatic carbocycles. The van der Waals surface area contributed by atoms with Gasteiger partial charge in [0.05, 0.1) is 28.8 Å². The van der Waals surface area contributed by atoms with E-state index in [1.165, 1.54) is 5.56 Å². The van der Waals surface area contributed by atoms with E-state index in [1.807, 2.05) is 38.8 Å². The number of imidazole rings is 1. The number of aromatic nitrogens is 5. The zero-order chi connectivity index (χ0) is 19.0. The summed E-state index contributed by atoms with van der Waals surface area (Å²) >= 11 is 1.68. The molecule has 27 heavy (non-hydrogen) atoms. The highest BCUT2D eigenvalue weighted by Gasteiger charge is 2.13. The first-order valence-electron chi connectivity index (χ1n) is 8.91. The second kappa shape index (κ2) is 7.13. The molecule has 0 spiro atoms. The molecular formula is C19H23N7S. The number of nitrogens with zero attached hydrogens (tertiary/aromatic N) is 5. The molecule has 0 saturated heterocycles. The summed E-state index contributed by atoms with van der Waals surface area (Å²) in [5.41, 5.74) is 5.01. The Morgan fingerprint density at radius 3 is 2.81 bits per heavy atom. The van der Waals surface area contributed by atoms with E-state index in [4.69, 9.17) is 0 Å². The van der Waals surface area contributed by atoms with Gasteiger partial charge in [-0.25, -0.2) is 9.97 Å². The summed E-state index contributed by atoms with van der Waals surface area (Å²) in [5.74, 6) is 0.760. The van der Waals surface area contributed by atoms with Crippen LogP contribution in [0.2, 0.25) is 0 Å². The third-order valence-electron chi connectivity index (χ3n) is 4.22. The van der Waals surface area contributed by atoms with Gasteiger partial charge in [-0.15, -0.1) is 11.3 Å². The molecule has 0 aliphatic rings. The number of thiophene rings is 1. The fraction of sp³-hybridized carbons (Fsp3) is 0.316. The molecule has 0 radical (unpaired) electrons. The lowest BCUT2D eigenvalue weighted by Crippen LogP contribution is -2.21. The first kappa shape index (κ1) is 17.7. The zero-order valence-corrected chi connectivity index (χ0v) is 16.7. The Bertz CT molecular complexity index is 1070. The predicted molar refractivity (Wildman–Crippen MR) is 110 cm³/mol. The van der Waals surface area contributed by atoms with Crippen LogP contribution in [0.1, 0.15) is 25.1 Å². The molecule has 0 unspecified atom stereocenters. The smallest absolute Gasteiger partial charge is 0.180 e. The molecule has 8 heteroatoms. The second-order valence-corrected chi connectivity index (χ2v) is 7.86. The van der Waals surface area contributed by atoms with Gasteiger partial charge in [0.15, 0.2) is 11.5 Å². The third-order valence-corrected chi connectivity index (χ3v) is 5.12. The Hall–Kier alpha value is -2.71. The number of hydrogen-bond acceptors (Lipinski definition) is 6. The van der Waals surface area contributed by atoms with Crippen molar-refractivity contribution >= 4 is 27.8 Å². The maximum atomic E-state index is 4.67. The van der Waals surface area contributed by atoms with Gasteiger partial charge in [-0.2, -0.15) is 5.10 Å². The van der Waals surface area contributed by atoms with Crippen molar-refractivity contribution in [3.63, 3.8) is 0 Å². The minimum absolute atomic E-state index is 0.468. The zero-order valence-electron chi connectivity index (χ0n) is 15.9. The molecule has 4 rings (SSSR count). The Balaban J connectivity index is 1.65. The van der Waals surface area contributed by atoms with Crippen molar-refractivity contribution < 1.29 is 0 Å². The third kappa shape index (κ3) is 3.72. The topological polar surface area (TPSA) is 72.1 Å². The summed E-state index contributed by atoms with van der Waals surface area (Å²) < 4.78 is 3.86. The largest absolute Gasteiger partial charge is 0.329 e. The van der Waals surface area contributed by atoms with Gasteiger partial charge in [0.1, 0.15) is 0 Å². The molecule has 0 atom stereocenters. The predicted octanol–water partition coefficient (Wildman–Crippen LogP) is 3.74. The van der Waals surface area contributed by atoms with Crippen molar-refractivity contribution in [1.82, 2.24) is 29.5 Å². The molecule has 0 bridgehead atoms. The van der Waals surface area contributed by atoms with E-state index in [0.717, 1.165) is 40.0 Å². The fourth-order valence-corrected chi connectivity index (χ4v) is 3.74. The molecule has 0 amide bonds. The summed E-state index contributed by atoms with van der Waals surface area (Å²) in [7, 11) is 1.91. The van der Waals surface area contributed by atoms with Gasteiger partial charge in [-0.3, -0.25) is 9.08 Å². The van der Waals surface area contributed by atoms with Gasteiger partial charge in [0, 0.05) is 37.6 Å². The molecule has 0 aliphatic carbocycles. The van der Waals surface area contributed by atoms with Gasteiger partial charge in [0.2, 0.25) is 0 Å². The summed E-state index contributed by atoms with van der Waals surface area (Å²) in [6, 6.07) is 2.63. The van der Waals surface area contributed by atoms with Crippen molar-refractivity contribution in [2.75, 3.05) is 5.32 Å². The van der Waals surface area contributed by atoms with Gasteiger partial charge >= 0.3 is 0 Å². The average Bonchev–Trinajstić information content (AvgIpc) is 3.32. The highest BCUT2D eigenvalue weighted by Crippen LogP contribution is 2.28. The van der Waals surface area contributed by atoms with Crippen LogP contribution in [0.15, 0.2) is 36.2 Å². The molecule has 0 aliphatic heterocycles. The van der Waals surface area contributed by atoms with Crippen LogP contribution in [0.4, 0.5) is 10.8 Å². The number of rotatable bonds is 6. The second-order valence-electron chi connectivity index (χ2n) is 6.95. The van der Waals surface area contributed by atoms with E-state index in [-0.39, 0.29) is 0 Å². The van der Waals surface area contributed by atoms with E-state index >= 15 is 0 Å². The monoisotopic (exact) mass is 381 g/mol. The van der Waals surface area contributed by atoms with Crippen molar-refractivity contribution in [2.45, 2.75) is 33.4 Å². The van der Waals surface area contributed by atoms with E-state index in [9.17, 15) is 0 Å². The molecular weight excluding hydrogens is 358 g/mol. The molecule has 0 saturated carbocycles. The number of anilines is 2. The van der Waals surface area contributed by atoms with Crippen LogP contribution in [0.25, 0.3) is 16.9 Å². The van der Waals surface area contributed by atoms with Gasteiger partial charge < -0.3 is 10.6 Å². The Morgan fingerprint density at radius 1 is 1.22 bits per heavy atom. The van der Waals surface area contributed by atoms with E-state index in [1.54, 1.807) is 16.0 Å². The number of fused-ring (bicyclic) bond motifs is 1. The van der Waals surface area contributed by atoms with E-state index in [2.05, 4.69) is 55.4 Å². The standard InChI is InChI=1S/C19H23N7S/c1-12(2)20-6-14-5-17(27-11-14)24-18-19-21-8-16(15-7-22-25(4)10-15)26(19)9-13(3)23-18/h5,7-12,20H,6H2,1-4H3,(H,23,24). The van der Waals surface area contributed by atoms with Crippen LogP contribution in [0.3, 0.4) is 0 Å². The Labute approximate surface area is 162 Å². The van der Waals surface area contributed by atoms with Crippen molar-refractivity contribution in [1.29, 1.82) is 0 Å². The minimum Gasteiger partial charge on any atom is -0.329 e. The first-order valence-corrected chi connectivity index (χ1v) is 9.79. The van der Waals surface area contributed by atoms with E-state index in [0.29, 0.717) is 6.04 Å². The molecule has 7 nitrogen and oxygen atoms in total. The molecule has 4 heterocycles. The molecule has 4 aromatic rings. The normalized spacial score (nSPS) is 11.6. The van der Waals surface area contributed by atoms with Gasteiger partial charge in [-0.1, -0.05) is 13.8 Å². The quantitative estimate of drug-likeness (QED) is 0.532. The fourth-order valence-electron chi connectivity index (χ4n) is 2.93. The van der Waals surface area contributed by atoms with Crippen LogP contribution >= 0.6 is 11.3 Å². The van der Waals surface area contributed by atoms with Crippen LogP contribution in [-0.4, -0.2) is 30.2 Å². The average molecular weight is 382 g/mol. The Morgan fingerprint density at radius 2 is 2.07 bits per heavy atom. The molecule has 4 aromatic heterocycles. The van der Waals surface area contributed by atoms with E-state index < -0.39 is 0 Å². The molecule has 140 valence electrons. The molecule has 0 fully saturated rings. The lowest BCUT2D eigenvalue weighted by atomic mass is 10.3. The van der Waals surface area contributed by atoms with Crippen LogP contribution < -0.4 is 10.6 Å². The summed E-state index contributed by atoms with van der Waals surface area (Å²) in [5, 5.41) is 14.4. The lowest BCUT2D eigenvalue weighted by Gasteiger charge is -2.08. The number of nitrogens with one attached hydrogen (secondary N) is 2. The summed E-state index contributed by atoms with van der Waals surface area (Å²) in [6.07, 6.45) is 7.70. The van der Waals surface area contributed by atoms with Crippen LogP contribution in [0, 0.1) is 6.92 Å². The maximum Gasteiger partial charge on any atom is 0.180 e. The van der Waals surface area contributed by atoms with Crippen molar-refractivity contribution in [3.05, 3.63) is 47.5 Å². The minimum atomic E-state index is 0.468. The summed E-state index contributed by atoms with van der Waals surface area (Å²) in [6.45, 7) is 7.15.